The van der Waals surface area contributed by atoms with E-state index in [0.29, 0.717) is 5.82 Å². The van der Waals surface area contributed by atoms with Gasteiger partial charge in [0.2, 0.25) is 0 Å². The first-order chi connectivity index (χ1) is 29.7. The van der Waals surface area contributed by atoms with Crippen molar-refractivity contribution in [2.24, 2.45) is 0 Å². The van der Waals surface area contributed by atoms with Crippen LogP contribution in [0.2, 0.25) is 0 Å². The number of nitrogens with zero attached hydrogens (tertiary/aromatic N) is 3. The van der Waals surface area contributed by atoms with Crippen LogP contribution in [0.3, 0.4) is 0 Å². The summed E-state index contributed by atoms with van der Waals surface area (Å²) in [4.78, 5) is 16.0. The van der Waals surface area contributed by atoms with Crippen molar-refractivity contribution in [1.82, 2.24) is 15.0 Å². The molecule has 0 spiro atoms. The van der Waals surface area contributed by atoms with Crippen LogP contribution in [0.4, 0.5) is 0 Å². The minimum Gasteiger partial charge on any atom is -0.456 e. The zero-order valence-electron chi connectivity index (χ0n) is 32.4. The first-order valence-electron chi connectivity index (χ1n) is 20.3. The quantitative estimate of drug-likeness (QED) is 0.168. The highest BCUT2D eigenvalue weighted by Crippen LogP contribution is 2.45. The van der Waals surface area contributed by atoms with Gasteiger partial charge in [0.25, 0.3) is 0 Å². The first-order valence-corrected chi connectivity index (χ1v) is 21.2. The van der Waals surface area contributed by atoms with Crippen LogP contribution >= 0.6 is 11.3 Å². The molecule has 0 saturated heterocycles. The Bertz CT molecular complexity index is 3460. The highest BCUT2D eigenvalue weighted by atomic mass is 32.1. The molecule has 282 valence electrons. The third-order valence-corrected chi connectivity index (χ3v) is 13.0. The van der Waals surface area contributed by atoms with Gasteiger partial charge >= 0.3 is 0 Å². The highest BCUT2D eigenvalue weighted by Gasteiger charge is 2.24. The van der Waals surface area contributed by atoms with Crippen LogP contribution in [-0.2, 0) is 6.42 Å². The molecule has 0 fully saturated rings. The number of aromatic nitrogens is 3. The van der Waals surface area contributed by atoms with Gasteiger partial charge < -0.3 is 4.42 Å². The molecule has 12 rings (SSSR count). The van der Waals surface area contributed by atoms with E-state index in [1.54, 1.807) is 0 Å². The van der Waals surface area contributed by atoms with E-state index in [9.17, 15) is 0 Å². The summed E-state index contributed by atoms with van der Waals surface area (Å²) < 4.78 is 8.82. The average Bonchev–Trinajstić information content (AvgIpc) is 3.91. The summed E-state index contributed by atoms with van der Waals surface area (Å²) in [6, 6.07) is 64.2. The van der Waals surface area contributed by atoms with E-state index in [4.69, 9.17) is 19.4 Å². The predicted octanol–water partition coefficient (Wildman–Crippen LogP) is 14.8. The lowest BCUT2D eigenvalue weighted by Crippen LogP contribution is -2.05. The molecule has 1 aliphatic carbocycles. The van der Waals surface area contributed by atoms with Gasteiger partial charge in [-0.15, -0.1) is 11.3 Å². The van der Waals surface area contributed by atoms with Crippen LogP contribution in [0.25, 0.3) is 104 Å². The summed E-state index contributed by atoms with van der Waals surface area (Å²) in [6.45, 7) is 0. The van der Waals surface area contributed by atoms with Crippen LogP contribution in [0.5, 0.6) is 0 Å². The van der Waals surface area contributed by atoms with Gasteiger partial charge in [-0.05, 0) is 71.7 Å². The van der Waals surface area contributed by atoms with Gasteiger partial charge in [0, 0.05) is 64.7 Å². The second kappa shape index (κ2) is 14.1. The molecule has 7 aromatic carbocycles. The standard InChI is InChI=1S/C55H35N3OS/c1-3-13-34(14-4-1)35-23-25-36(26-24-35)47-33-48(58-55(57-47)37-15-5-2-6-16-37)40-29-39(38-27-28-50-45(32-38)42-17-8-11-21-49(42)59-50)30-41(31-40)53-52-44-19-9-12-22-51(44)60-54(52)43-18-7-10-20-46(43)56-53/h1-31,33,38H,32H2. The second-order valence-electron chi connectivity index (χ2n) is 15.5. The topological polar surface area (TPSA) is 51.8 Å². The third kappa shape index (κ3) is 5.93. The Labute approximate surface area is 350 Å². The van der Waals surface area contributed by atoms with Gasteiger partial charge in [0.1, 0.15) is 11.3 Å². The zero-order chi connectivity index (χ0) is 39.6. The van der Waals surface area contributed by atoms with Crippen molar-refractivity contribution in [3.8, 4) is 56.3 Å². The van der Waals surface area contributed by atoms with E-state index in [1.165, 1.54) is 53.2 Å². The summed E-state index contributed by atoms with van der Waals surface area (Å²) in [5.41, 5.74) is 13.5. The number of hydrogen-bond acceptors (Lipinski definition) is 5. The van der Waals surface area contributed by atoms with Crippen molar-refractivity contribution in [1.29, 1.82) is 0 Å². The molecule has 60 heavy (non-hydrogen) atoms. The number of thiophene rings is 1. The number of benzene rings is 7. The van der Waals surface area contributed by atoms with Crippen molar-refractivity contribution < 1.29 is 4.42 Å². The molecule has 0 bridgehead atoms. The molecule has 11 aromatic rings. The first kappa shape index (κ1) is 34.6. The van der Waals surface area contributed by atoms with Crippen LogP contribution < -0.4 is 0 Å². The molecule has 4 heterocycles. The van der Waals surface area contributed by atoms with Crippen molar-refractivity contribution in [2.45, 2.75) is 12.3 Å². The summed E-state index contributed by atoms with van der Waals surface area (Å²) in [6.07, 6.45) is 5.28. The van der Waals surface area contributed by atoms with Crippen molar-refractivity contribution in [2.75, 3.05) is 0 Å². The minimum atomic E-state index is 0.104. The fourth-order valence-electron chi connectivity index (χ4n) is 8.88. The lowest BCUT2D eigenvalue weighted by Gasteiger charge is -2.20. The van der Waals surface area contributed by atoms with Gasteiger partial charge in [-0.1, -0.05) is 146 Å². The van der Waals surface area contributed by atoms with E-state index in [-0.39, 0.29) is 5.92 Å². The number of rotatable bonds is 6. The molecular weight excluding hydrogens is 751 g/mol. The lowest BCUT2D eigenvalue weighted by molar-refractivity contribution is 0.592. The minimum absolute atomic E-state index is 0.104. The Balaban J connectivity index is 1.08. The monoisotopic (exact) mass is 785 g/mol. The Morgan fingerprint density at radius 2 is 1.13 bits per heavy atom. The molecule has 1 atom stereocenters. The number of pyridine rings is 1. The van der Waals surface area contributed by atoms with Crippen LogP contribution in [0.15, 0.2) is 192 Å². The number of para-hydroxylation sites is 2. The molecule has 0 amide bonds. The SMILES string of the molecule is C1=CC(c2cc(-c3cc(-c4ccc(-c5ccccc5)cc4)nc(-c4ccccc4)n3)cc(-c3nc4ccccc4c4sc5ccccc5c34)c2)Cc2c1oc1ccccc21. The number of allylic oxidation sites excluding steroid dienone is 1. The van der Waals surface area contributed by atoms with Crippen LogP contribution in [-0.4, -0.2) is 15.0 Å². The van der Waals surface area contributed by atoms with Gasteiger partial charge in [0.15, 0.2) is 5.82 Å². The fraction of sp³-hybridized carbons (Fsp3) is 0.0364. The van der Waals surface area contributed by atoms with E-state index in [1.807, 2.05) is 41.7 Å². The second-order valence-corrected chi connectivity index (χ2v) is 16.6. The summed E-state index contributed by atoms with van der Waals surface area (Å²) >= 11 is 1.84. The fourth-order valence-corrected chi connectivity index (χ4v) is 10.1. The number of fused-ring (bicyclic) bond motifs is 8. The Kier molecular flexibility index (Phi) is 8.13. The maximum absolute atomic E-state index is 6.31. The summed E-state index contributed by atoms with van der Waals surface area (Å²) in [7, 11) is 0. The molecule has 4 nitrogen and oxygen atoms in total. The summed E-state index contributed by atoms with van der Waals surface area (Å²) in [5.74, 6) is 1.73. The molecule has 1 aliphatic rings. The molecule has 0 N–H and O–H groups in total. The third-order valence-electron chi connectivity index (χ3n) is 11.8. The Morgan fingerprint density at radius 1 is 0.500 bits per heavy atom. The van der Waals surface area contributed by atoms with E-state index < -0.39 is 0 Å². The normalized spacial score (nSPS) is 13.7. The summed E-state index contributed by atoms with van der Waals surface area (Å²) in [5, 5.41) is 4.76. The molecule has 5 heteroatoms. The molecule has 0 aliphatic heterocycles. The van der Waals surface area contributed by atoms with Gasteiger partial charge in [-0.3, -0.25) is 0 Å². The molecule has 4 aromatic heterocycles. The van der Waals surface area contributed by atoms with Crippen molar-refractivity contribution >= 4 is 59.5 Å². The zero-order valence-corrected chi connectivity index (χ0v) is 33.2. The van der Waals surface area contributed by atoms with E-state index >= 15 is 0 Å². The average molecular weight is 786 g/mol. The van der Waals surface area contributed by atoms with Gasteiger partial charge in [-0.2, -0.15) is 0 Å². The Morgan fingerprint density at radius 3 is 1.95 bits per heavy atom. The smallest absolute Gasteiger partial charge is 0.160 e. The molecule has 0 radical (unpaired) electrons. The van der Waals surface area contributed by atoms with Crippen molar-refractivity contribution in [3.05, 3.63) is 205 Å². The van der Waals surface area contributed by atoms with Crippen LogP contribution in [0.1, 0.15) is 22.8 Å². The number of furan rings is 1. The molecular formula is C55H35N3OS. The Hall–Kier alpha value is -7.47. The van der Waals surface area contributed by atoms with Gasteiger partial charge in [-0.25, -0.2) is 15.0 Å². The maximum Gasteiger partial charge on any atom is 0.160 e. The van der Waals surface area contributed by atoms with E-state index in [2.05, 4.69) is 164 Å². The number of hydrogen-bond donors (Lipinski definition) is 0. The molecule has 0 saturated carbocycles. The molecule has 1 unspecified atom stereocenters. The van der Waals surface area contributed by atoms with Gasteiger partial charge in [0.05, 0.1) is 22.6 Å². The lowest BCUT2D eigenvalue weighted by atomic mass is 9.84. The van der Waals surface area contributed by atoms with E-state index in [0.717, 1.165) is 62.6 Å². The maximum atomic E-state index is 6.31. The van der Waals surface area contributed by atoms with Crippen molar-refractivity contribution in [3.63, 3.8) is 0 Å². The predicted molar refractivity (Wildman–Crippen MR) is 249 cm³/mol. The van der Waals surface area contributed by atoms with Crippen LogP contribution in [0, 0.1) is 0 Å². The highest BCUT2D eigenvalue weighted by molar-refractivity contribution is 7.26. The largest absolute Gasteiger partial charge is 0.456 e.